The molecule has 2 amide bonds. The third-order valence-corrected chi connectivity index (χ3v) is 1.73. The Morgan fingerprint density at radius 2 is 2.33 bits per heavy atom. The number of hydrogen-bond donors (Lipinski definition) is 2. The Morgan fingerprint density at radius 3 is 2.92 bits per heavy atom. The lowest BCUT2D eigenvalue weighted by molar-refractivity contribution is -0.137. The molecule has 1 fully saturated rings. The van der Waals surface area contributed by atoms with Gasteiger partial charge >= 0.3 is 0 Å². The Bertz CT molecular complexity index is 166. The maximum Gasteiger partial charge on any atom is 0.267 e. The summed E-state index contributed by atoms with van der Waals surface area (Å²) in [6, 6.07) is 0. The first-order valence-corrected chi connectivity index (χ1v) is 3.95. The highest BCUT2D eigenvalue weighted by molar-refractivity contribution is 5.81. The minimum atomic E-state index is -0.397. The van der Waals surface area contributed by atoms with Crippen molar-refractivity contribution in [3.8, 4) is 0 Å². The molecule has 1 atom stereocenters. The molecule has 0 saturated carbocycles. The maximum absolute atomic E-state index is 11.1. The van der Waals surface area contributed by atoms with Gasteiger partial charge in [-0.15, -0.1) is 0 Å². The predicted molar refractivity (Wildman–Crippen MR) is 40.9 cm³/mol. The molecule has 0 aliphatic carbocycles. The monoisotopic (exact) mass is 172 g/mol. The predicted octanol–water partition coefficient (Wildman–Crippen LogP) is -0.667. The van der Waals surface area contributed by atoms with Crippen molar-refractivity contribution in [2.45, 2.75) is 25.4 Å². The van der Waals surface area contributed by atoms with E-state index >= 15 is 0 Å². The van der Waals surface area contributed by atoms with Crippen molar-refractivity contribution in [2.24, 2.45) is 0 Å². The van der Waals surface area contributed by atoms with Gasteiger partial charge in [0.25, 0.3) is 5.91 Å². The average molecular weight is 172 g/mol. The Kier molecular flexibility index (Phi) is 3.53. The molecule has 0 aromatic heterocycles. The molecule has 5 nitrogen and oxygen atoms in total. The number of rotatable bonds is 3. The highest BCUT2D eigenvalue weighted by Crippen LogP contribution is 2.11. The fourth-order valence-corrected chi connectivity index (χ4v) is 1.13. The molecule has 1 aliphatic rings. The Morgan fingerprint density at radius 1 is 1.50 bits per heavy atom. The number of ether oxygens (including phenoxy) is 1. The van der Waals surface area contributed by atoms with Crippen LogP contribution in [0.2, 0.25) is 0 Å². The summed E-state index contributed by atoms with van der Waals surface area (Å²) < 4.78 is 5.17. The van der Waals surface area contributed by atoms with E-state index in [1.54, 1.807) is 0 Å². The Hall–Kier alpha value is -1.10. The number of carbonyl (C=O) groups is 2. The van der Waals surface area contributed by atoms with Crippen LogP contribution in [0.25, 0.3) is 0 Å². The van der Waals surface area contributed by atoms with Crippen molar-refractivity contribution in [3.63, 3.8) is 0 Å². The van der Waals surface area contributed by atoms with Gasteiger partial charge in [0.2, 0.25) is 6.41 Å². The van der Waals surface area contributed by atoms with E-state index in [1.165, 1.54) is 0 Å². The second-order valence-corrected chi connectivity index (χ2v) is 2.61. The van der Waals surface area contributed by atoms with Gasteiger partial charge in [0.05, 0.1) is 0 Å². The summed E-state index contributed by atoms with van der Waals surface area (Å²) in [5.41, 5.74) is 4.31. The number of hydrogen-bond acceptors (Lipinski definition) is 3. The van der Waals surface area contributed by atoms with E-state index in [-0.39, 0.29) is 5.91 Å². The fraction of sp³-hybridized carbons (Fsp3) is 0.714. The van der Waals surface area contributed by atoms with E-state index in [9.17, 15) is 9.59 Å². The molecule has 1 aliphatic heterocycles. The van der Waals surface area contributed by atoms with Crippen LogP contribution in [0.1, 0.15) is 19.3 Å². The highest BCUT2D eigenvalue weighted by atomic mass is 16.5. The molecule has 1 heterocycles. The van der Waals surface area contributed by atoms with Gasteiger partial charge in [-0.2, -0.15) is 0 Å². The van der Waals surface area contributed by atoms with Crippen molar-refractivity contribution in [1.82, 2.24) is 10.9 Å². The molecule has 1 rings (SSSR count). The summed E-state index contributed by atoms with van der Waals surface area (Å²) >= 11 is 0. The van der Waals surface area contributed by atoms with Crippen molar-refractivity contribution >= 4 is 12.3 Å². The fourth-order valence-electron chi connectivity index (χ4n) is 1.13. The van der Waals surface area contributed by atoms with Gasteiger partial charge < -0.3 is 4.74 Å². The first-order chi connectivity index (χ1) is 5.84. The largest absolute Gasteiger partial charge is 0.368 e. The summed E-state index contributed by atoms with van der Waals surface area (Å²) in [4.78, 5) is 20.9. The molecule has 0 aromatic rings. The van der Waals surface area contributed by atoms with Gasteiger partial charge in [0, 0.05) is 6.61 Å². The highest BCUT2D eigenvalue weighted by Gasteiger charge is 2.21. The van der Waals surface area contributed by atoms with Gasteiger partial charge in [0.1, 0.15) is 6.10 Å². The van der Waals surface area contributed by atoms with E-state index in [1.807, 2.05) is 0 Å². The normalized spacial score (nSPS) is 22.8. The molecule has 0 spiro atoms. The van der Waals surface area contributed by atoms with Crippen molar-refractivity contribution < 1.29 is 14.3 Å². The first-order valence-electron chi connectivity index (χ1n) is 3.95. The van der Waals surface area contributed by atoms with E-state index in [4.69, 9.17) is 4.74 Å². The van der Waals surface area contributed by atoms with Crippen LogP contribution in [-0.4, -0.2) is 25.0 Å². The smallest absolute Gasteiger partial charge is 0.267 e. The number of hydrazine groups is 1. The summed E-state index contributed by atoms with van der Waals surface area (Å²) in [5, 5.41) is 0. The van der Waals surface area contributed by atoms with Crippen LogP contribution in [0.3, 0.4) is 0 Å². The zero-order chi connectivity index (χ0) is 8.81. The minimum absolute atomic E-state index is 0.276. The van der Waals surface area contributed by atoms with Crippen LogP contribution in [0.5, 0.6) is 0 Å². The number of nitrogens with one attached hydrogen (secondary N) is 2. The molecular weight excluding hydrogens is 160 g/mol. The van der Waals surface area contributed by atoms with Gasteiger partial charge in [-0.25, -0.2) is 0 Å². The molecule has 1 saturated heterocycles. The summed E-state index contributed by atoms with van der Waals surface area (Å²) in [7, 11) is 0. The SMILES string of the molecule is O=CNNC(=O)C1CCCCO1. The molecule has 0 aromatic carbocycles. The van der Waals surface area contributed by atoms with E-state index in [0.717, 1.165) is 19.3 Å². The van der Waals surface area contributed by atoms with Gasteiger partial charge in [-0.1, -0.05) is 0 Å². The molecule has 12 heavy (non-hydrogen) atoms. The zero-order valence-electron chi connectivity index (χ0n) is 6.71. The van der Waals surface area contributed by atoms with Gasteiger partial charge in [0.15, 0.2) is 0 Å². The Balaban J connectivity index is 2.24. The van der Waals surface area contributed by atoms with Crippen LogP contribution < -0.4 is 10.9 Å². The van der Waals surface area contributed by atoms with Crippen LogP contribution >= 0.6 is 0 Å². The van der Waals surface area contributed by atoms with E-state index < -0.39 is 6.10 Å². The standard InChI is InChI=1S/C7H12N2O3/c10-5-8-9-7(11)6-3-1-2-4-12-6/h5-6H,1-4H2,(H,8,10)(H,9,11). The lowest BCUT2D eigenvalue weighted by atomic mass is 10.1. The molecule has 0 bridgehead atoms. The van der Waals surface area contributed by atoms with Crippen LogP contribution in [-0.2, 0) is 14.3 Å². The van der Waals surface area contributed by atoms with Crippen molar-refractivity contribution in [1.29, 1.82) is 0 Å². The maximum atomic E-state index is 11.1. The number of carbonyl (C=O) groups excluding carboxylic acids is 2. The van der Waals surface area contributed by atoms with Crippen molar-refractivity contribution in [3.05, 3.63) is 0 Å². The second-order valence-electron chi connectivity index (χ2n) is 2.61. The lowest BCUT2D eigenvalue weighted by Gasteiger charge is -2.20. The Labute approximate surface area is 70.4 Å². The third kappa shape index (κ3) is 2.50. The molecule has 1 unspecified atom stereocenters. The summed E-state index contributed by atoms with van der Waals surface area (Å²) in [5.74, 6) is -0.276. The molecule has 68 valence electrons. The van der Waals surface area contributed by atoms with Crippen LogP contribution in [0.4, 0.5) is 0 Å². The first kappa shape index (κ1) is 8.99. The van der Waals surface area contributed by atoms with Crippen molar-refractivity contribution in [2.75, 3.05) is 6.61 Å². The van der Waals surface area contributed by atoms with E-state index in [0.29, 0.717) is 13.0 Å². The van der Waals surface area contributed by atoms with Crippen LogP contribution in [0.15, 0.2) is 0 Å². The topological polar surface area (TPSA) is 67.4 Å². The zero-order valence-corrected chi connectivity index (χ0v) is 6.71. The summed E-state index contributed by atoms with van der Waals surface area (Å²) in [6.07, 6.45) is 2.75. The molecular formula is C7H12N2O3. The van der Waals surface area contributed by atoms with Gasteiger partial charge in [-0.3, -0.25) is 20.4 Å². The average Bonchev–Trinajstić information content (AvgIpc) is 2.15. The van der Waals surface area contributed by atoms with E-state index in [2.05, 4.69) is 10.9 Å². The summed E-state index contributed by atoms with van der Waals surface area (Å²) in [6.45, 7) is 0.624. The molecule has 5 heteroatoms. The molecule has 0 radical (unpaired) electrons. The minimum Gasteiger partial charge on any atom is -0.368 e. The third-order valence-electron chi connectivity index (χ3n) is 1.73. The number of amides is 2. The molecule has 2 N–H and O–H groups in total. The van der Waals surface area contributed by atoms with Gasteiger partial charge in [-0.05, 0) is 19.3 Å². The lowest BCUT2D eigenvalue weighted by Crippen LogP contribution is -2.44. The van der Waals surface area contributed by atoms with Crippen LogP contribution in [0, 0.1) is 0 Å². The quantitative estimate of drug-likeness (QED) is 0.438. The second kappa shape index (κ2) is 4.71.